The van der Waals surface area contributed by atoms with Gasteiger partial charge in [0.1, 0.15) is 5.41 Å². The van der Waals surface area contributed by atoms with Crippen LogP contribution in [0.1, 0.15) is 32.1 Å². The van der Waals surface area contributed by atoms with Crippen molar-refractivity contribution in [2.24, 2.45) is 5.41 Å². The molecule has 1 spiro atoms. The maximum absolute atomic E-state index is 12.0. The zero-order valence-electron chi connectivity index (χ0n) is 10.5. The van der Waals surface area contributed by atoms with Gasteiger partial charge in [-0.1, -0.05) is 0 Å². The first kappa shape index (κ1) is 11.9. The Kier molecular flexibility index (Phi) is 2.80. The van der Waals surface area contributed by atoms with Crippen LogP contribution in [0.3, 0.4) is 0 Å². The van der Waals surface area contributed by atoms with Crippen LogP contribution >= 0.6 is 0 Å². The van der Waals surface area contributed by atoms with Gasteiger partial charge in [-0.25, -0.2) is 0 Å². The summed E-state index contributed by atoms with van der Waals surface area (Å²) in [6.45, 7) is 2.57. The molecular weight excluding hydrogens is 230 g/mol. The van der Waals surface area contributed by atoms with E-state index in [1.54, 1.807) is 0 Å². The van der Waals surface area contributed by atoms with Gasteiger partial charge in [0.25, 0.3) is 0 Å². The van der Waals surface area contributed by atoms with Crippen LogP contribution in [0.15, 0.2) is 0 Å². The number of nitriles is 1. The first-order chi connectivity index (χ1) is 8.68. The van der Waals surface area contributed by atoms with E-state index in [0.29, 0.717) is 19.4 Å². The molecule has 1 aliphatic carbocycles. The summed E-state index contributed by atoms with van der Waals surface area (Å²) < 4.78 is 5.92. The van der Waals surface area contributed by atoms with Crippen molar-refractivity contribution in [3.05, 3.63) is 0 Å². The fourth-order valence-corrected chi connectivity index (χ4v) is 3.01. The number of amides is 1. The zero-order chi connectivity index (χ0) is 12.6. The lowest BCUT2D eigenvalue weighted by molar-refractivity contribution is -0.125. The number of nitrogens with zero attached hydrogens (tertiary/aromatic N) is 1. The molecule has 98 valence electrons. The number of ether oxygens (including phenoxy) is 1. The Hall–Kier alpha value is -1.12. The van der Waals surface area contributed by atoms with Crippen molar-refractivity contribution in [1.29, 1.82) is 5.26 Å². The molecule has 2 aliphatic heterocycles. The molecule has 2 saturated heterocycles. The van der Waals surface area contributed by atoms with E-state index in [9.17, 15) is 4.79 Å². The second-order valence-corrected chi connectivity index (χ2v) is 5.81. The lowest BCUT2D eigenvalue weighted by Gasteiger charge is -2.32. The van der Waals surface area contributed by atoms with Crippen molar-refractivity contribution in [1.82, 2.24) is 10.6 Å². The minimum Gasteiger partial charge on any atom is -0.373 e. The summed E-state index contributed by atoms with van der Waals surface area (Å²) in [5.41, 5.74) is -0.754. The van der Waals surface area contributed by atoms with Gasteiger partial charge in [-0.3, -0.25) is 4.79 Å². The predicted octanol–water partition coefficient (Wildman–Crippen LogP) is 0.317. The Morgan fingerprint density at radius 1 is 1.33 bits per heavy atom. The van der Waals surface area contributed by atoms with E-state index in [-0.39, 0.29) is 17.6 Å². The van der Waals surface area contributed by atoms with Crippen LogP contribution in [0.4, 0.5) is 0 Å². The molecule has 0 unspecified atom stereocenters. The molecule has 0 radical (unpaired) electrons. The fraction of sp³-hybridized carbons (Fsp3) is 0.846. The van der Waals surface area contributed by atoms with Gasteiger partial charge >= 0.3 is 0 Å². The average molecular weight is 249 g/mol. The second-order valence-electron chi connectivity index (χ2n) is 5.81. The van der Waals surface area contributed by atoms with E-state index < -0.39 is 5.41 Å². The summed E-state index contributed by atoms with van der Waals surface area (Å²) in [4.78, 5) is 12.0. The molecule has 1 amide bonds. The van der Waals surface area contributed by atoms with Crippen molar-refractivity contribution < 1.29 is 9.53 Å². The Balaban J connectivity index is 1.56. The van der Waals surface area contributed by atoms with Crippen molar-refractivity contribution in [2.75, 3.05) is 19.7 Å². The molecule has 5 heteroatoms. The SMILES string of the molecule is N#CC1(C(=O)N[C@H]2COC3(CCNCC3)C2)CC1. The van der Waals surface area contributed by atoms with E-state index in [2.05, 4.69) is 16.7 Å². The molecule has 1 saturated carbocycles. The smallest absolute Gasteiger partial charge is 0.240 e. The van der Waals surface area contributed by atoms with Gasteiger partial charge in [-0.05, 0) is 45.2 Å². The van der Waals surface area contributed by atoms with Gasteiger partial charge in [0, 0.05) is 0 Å². The highest BCUT2D eigenvalue weighted by Gasteiger charge is 2.52. The first-order valence-electron chi connectivity index (χ1n) is 6.75. The Bertz CT molecular complexity index is 392. The van der Waals surface area contributed by atoms with E-state index in [1.165, 1.54) is 0 Å². The normalized spacial score (nSPS) is 31.8. The quantitative estimate of drug-likeness (QED) is 0.739. The standard InChI is InChI=1S/C13H19N3O2/c14-9-12(1-2-12)11(17)16-10-7-13(18-8-10)3-5-15-6-4-13/h10,15H,1-8H2,(H,16,17)/t10-/m1/s1. The fourth-order valence-electron chi connectivity index (χ4n) is 3.01. The molecule has 3 rings (SSSR count). The van der Waals surface area contributed by atoms with Crippen LogP contribution in [-0.4, -0.2) is 37.2 Å². The number of piperidine rings is 1. The van der Waals surface area contributed by atoms with Crippen molar-refractivity contribution in [3.8, 4) is 6.07 Å². The average Bonchev–Trinajstić information content (AvgIpc) is 3.11. The highest BCUT2D eigenvalue weighted by atomic mass is 16.5. The zero-order valence-corrected chi connectivity index (χ0v) is 10.5. The topological polar surface area (TPSA) is 74.2 Å². The highest BCUT2D eigenvalue weighted by Crippen LogP contribution is 2.45. The van der Waals surface area contributed by atoms with Gasteiger partial charge in [0.2, 0.25) is 5.91 Å². The number of hydrogen-bond acceptors (Lipinski definition) is 4. The van der Waals surface area contributed by atoms with E-state index in [4.69, 9.17) is 10.00 Å². The van der Waals surface area contributed by atoms with Gasteiger partial charge in [0.15, 0.2) is 0 Å². The molecule has 0 aromatic heterocycles. The number of carbonyl (C=O) groups excluding carboxylic acids is 1. The Morgan fingerprint density at radius 2 is 2.06 bits per heavy atom. The molecule has 5 nitrogen and oxygen atoms in total. The number of nitrogens with one attached hydrogen (secondary N) is 2. The maximum Gasteiger partial charge on any atom is 0.240 e. The van der Waals surface area contributed by atoms with E-state index >= 15 is 0 Å². The molecular formula is C13H19N3O2. The maximum atomic E-state index is 12.0. The minimum absolute atomic E-state index is 0.0352. The van der Waals surface area contributed by atoms with E-state index in [1.807, 2.05) is 0 Å². The van der Waals surface area contributed by atoms with Gasteiger partial charge in [-0.2, -0.15) is 5.26 Å². The minimum atomic E-state index is -0.718. The Morgan fingerprint density at radius 3 is 2.67 bits per heavy atom. The second kappa shape index (κ2) is 4.22. The van der Waals surface area contributed by atoms with Crippen molar-refractivity contribution in [2.45, 2.75) is 43.7 Å². The number of carbonyl (C=O) groups is 1. The summed E-state index contributed by atoms with van der Waals surface area (Å²) in [5.74, 6) is -0.0930. The molecule has 0 bridgehead atoms. The van der Waals surface area contributed by atoms with Crippen LogP contribution in [0.25, 0.3) is 0 Å². The third-order valence-electron chi connectivity index (χ3n) is 4.46. The molecule has 18 heavy (non-hydrogen) atoms. The van der Waals surface area contributed by atoms with Crippen LogP contribution < -0.4 is 10.6 Å². The Labute approximate surface area is 107 Å². The monoisotopic (exact) mass is 249 g/mol. The number of hydrogen-bond donors (Lipinski definition) is 2. The summed E-state index contributed by atoms with van der Waals surface area (Å²) >= 11 is 0. The van der Waals surface area contributed by atoms with Crippen LogP contribution in [0.2, 0.25) is 0 Å². The molecule has 0 aromatic rings. The predicted molar refractivity (Wildman–Crippen MR) is 64.6 cm³/mol. The summed E-state index contributed by atoms with van der Waals surface area (Å²) in [6, 6.07) is 2.22. The summed E-state index contributed by atoms with van der Waals surface area (Å²) in [5, 5.41) is 15.3. The van der Waals surface area contributed by atoms with Crippen molar-refractivity contribution in [3.63, 3.8) is 0 Å². The van der Waals surface area contributed by atoms with Crippen LogP contribution in [0.5, 0.6) is 0 Å². The van der Waals surface area contributed by atoms with Crippen LogP contribution in [0, 0.1) is 16.7 Å². The molecule has 1 atom stereocenters. The van der Waals surface area contributed by atoms with Crippen LogP contribution in [-0.2, 0) is 9.53 Å². The summed E-state index contributed by atoms with van der Waals surface area (Å²) in [6.07, 6.45) is 4.34. The molecule has 2 heterocycles. The number of rotatable bonds is 2. The molecule has 3 fully saturated rings. The lowest BCUT2D eigenvalue weighted by Crippen LogP contribution is -2.44. The molecule has 3 aliphatic rings. The molecule has 2 N–H and O–H groups in total. The van der Waals surface area contributed by atoms with Gasteiger partial charge in [0.05, 0.1) is 24.3 Å². The lowest BCUT2D eigenvalue weighted by atomic mass is 9.88. The van der Waals surface area contributed by atoms with E-state index in [0.717, 1.165) is 32.4 Å². The first-order valence-corrected chi connectivity index (χ1v) is 6.75. The third-order valence-corrected chi connectivity index (χ3v) is 4.46. The highest BCUT2D eigenvalue weighted by molar-refractivity contribution is 5.88. The largest absolute Gasteiger partial charge is 0.373 e. The summed E-state index contributed by atoms with van der Waals surface area (Å²) in [7, 11) is 0. The van der Waals surface area contributed by atoms with Gasteiger partial charge in [-0.15, -0.1) is 0 Å². The van der Waals surface area contributed by atoms with Crippen molar-refractivity contribution >= 4 is 5.91 Å². The third kappa shape index (κ3) is 2.00. The van der Waals surface area contributed by atoms with Gasteiger partial charge < -0.3 is 15.4 Å². The molecule has 0 aromatic carbocycles.